The first-order chi connectivity index (χ1) is 11.6. The Morgan fingerprint density at radius 1 is 1.17 bits per heavy atom. The molecule has 2 aromatic carbocycles. The molecule has 1 unspecified atom stereocenters. The van der Waals surface area contributed by atoms with Gasteiger partial charge in [0.1, 0.15) is 11.0 Å². The Balaban J connectivity index is 1.83. The highest BCUT2D eigenvalue weighted by Crippen LogP contribution is 2.20. The summed E-state index contributed by atoms with van der Waals surface area (Å²) in [5, 5.41) is 18.3. The molecule has 0 fully saturated rings. The molecule has 6 heteroatoms. The van der Waals surface area contributed by atoms with Crippen LogP contribution >= 0.6 is 0 Å². The number of aliphatic hydroxyl groups is 1. The van der Waals surface area contributed by atoms with Crippen molar-refractivity contribution in [3.05, 3.63) is 66.2 Å². The summed E-state index contributed by atoms with van der Waals surface area (Å²) in [6, 6.07) is 14.8. The van der Waals surface area contributed by atoms with Crippen molar-refractivity contribution < 1.29 is 14.6 Å². The lowest BCUT2D eigenvalue weighted by molar-refractivity contribution is -0.146. The summed E-state index contributed by atoms with van der Waals surface area (Å²) in [5.41, 5.74) is 3.37. The third kappa shape index (κ3) is 3.18. The maximum atomic E-state index is 11.6. The van der Waals surface area contributed by atoms with Crippen molar-refractivity contribution in [1.82, 2.24) is 15.0 Å². The van der Waals surface area contributed by atoms with E-state index in [0.717, 1.165) is 16.7 Å². The minimum atomic E-state index is -0.729. The van der Waals surface area contributed by atoms with Gasteiger partial charge < -0.3 is 9.84 Å². The van der Waals surface area contributed by atoms with E-state index >= 15 is 0 Å². The van der Waals surface area contributed by atoms with Crippen LogP contribution in [0.2, 0.25) is 0 Å². The number of rotatable bonds is 5. The fraction of sp³-hybridized carbons (Fsp3) is 0.167. The zero-order valence-electron chi connectivity index (χ0n) is 13.2. The van der Waals surface area contributed by atoms with E-state index in [2.05, 4.69) is 16.8 Å². The summed E-state index contributed by atoms with van der Waals surface area (Å²) in [4.78, 5) is 13.2. The van der Waals surface area contributed by atoms with Gasteiger partial charge in [-0.1, -0.05) is 30.8 Å². The highest BCUT2D eigenvalue weighted by Gasteiger charge is 2.16. The molecule has 1 heterocycles. The number of hydrogen-bond acceptors (Lipinski definition) is 5. The Kier molecular flexibility index (Phi) is 4.39. The van der Waals surface area contributed by atoms with Gasteiger partial charge in [0.15, 0.2) is 6.10 Å². The van der Waals surface area contributed by atoms with Crippen molar-refractivity contribution in [2.75, 3.05) is 6.61 Å². The molecule has 3 aromatic rings. The van der Waals surface area contributed by atoms with Gasteiger partial charge in [-0.2, -0.15) is 4.80 Å². The van der Waals surface area contributed by atoms with Gasteiger partial charge in [-0.05, 0) is 36.8 Å². The van der Waals surface area contributed by atoms with Gasteiger partial charge >= 0.3 is 5.97 Å². The minimum absolute atomic E-state index is 0.289. The second kappa shape index (κ2) is 6.64. The number of hydrogen-bond donors (Lipinski definition) is 1. The van der Waals surface area contributed by atoms with Gasteiger partial charge in [-0.25, -0.2) is 4.79 Å². The molecule has 0 saturated carbocycles. The number of nitrogens with zero attached hydrogens (tertiary/aromatic N) is 3. The Labute approximate surface area is 139 Å². The van der Waals surface area contributed by atoms with Gasteiger partial charge in [-0.3, -0.25) is 0 Å². The van der Waals surface area contributed by atoms with E-state index < -0.39 is 12.1 Å². The summed E-state index contributed by atoms with van der Waals surface area (Å²) in [6.07, 6.45) is -0.729. The largest absolute Gasteiger partial charge is 0.452 e. The average Bonchev–Trinajstić information content (AvgIpc) is 3.03. The zero-order chi connectivity index (χ0) is 17.1. The second-order valence-electron chi connectivity index (χ2n) is 5.43. The summed E-state index contributed by atoms with van der Waals surface area (Å²) < 4.78 is 5.21. The number of esters is 1. The Hall–Kier alpha value is -2.99. The smallest absolute Gasteiger partial charge is 0.333 e. The summed E-state index contributed by atoms with van der Waals surface area (Å²) in [5.74, 6) is -0.530. The van der Waals surface area contributed by atoms with Crippen molar-refractivity contribution in [3.63, 3.8) is 0 Å². The van der Waals surface area contributed by atoms with Crippen molar-refractivity contribution in [2.24, 2.45) is 0 Å². The molecule has 3 rings (SSSR count). The molecule has 0 amide bonds. The number of carbonyl (C=O) groups is 1. The Morgan fingerprint density at radius 3 is 2.25 bits per heavy atom. The third-order valence-electron chi connectivity index (χ3n) is 3.55. The summed E-state index contributed by atoms with van der Waals surface area (Å²) >= 11 is 0. The third-order valence-corrected chi connectivity index (χ3v) is 3.55. The van der Waals surface area contributed by atoms with Crippen LogP contribution in [-0.4, -0.2) is 32.7 Å². The highest BCUT2D eigenvalue weighted by atomic mass is 16.6. The molecule has 1 atom stereocenters. The number of aliphatic hydroxyl groups excluding tert-OH is 1. The van der Waals surface area contributed by atoms with Gasteiger partial charge in [0.05, 0.1) is 12.3 Å². The topological polar surface area (TPSA) is 77.2 Å². The van der Waals surface area contributed by atoms with E-state index in [1.165, 1.54) is 0 Å². The Bertz CT molecular complexity index is 851. The highest BCUT2D eigenvalue weighted by molar-refractivity contribution is 5.87. The number of benzene rings is 2. The predicted molar refractivity (Wildman–Crippen MR) is 89.6 cm³/mol. The van der Waals surface area contributed by atoms with Crippen molar-refractivity contribution >= 4 is 17.0 Å². The molecule has 0 radical (unpaired) electrons. The number of carbonyl (C=O) groups excluding carboxylic acids is 1. The van der Waals surface area contributed by atoms with Crippen molar-refractivity contribution in [3.8, 4) is 5.69 Å². The standard InChI is InChI=1S/C18H17N3O3/c1-12(2)18(23)24-17(11-22)13-7-9-14(10-8-13)21-19-15-5-3-4-6-16(15)20-21/h3-10,17,22H,1,11H2,2H3. The van der Waals surface area contributed by atoms with Crippen LogP contribution in [0.1, 0.15) is 18.6 Å². The fourth-order valence-electron chi connectivity index (χ4n) is 2.24. The molecular weight excluding hydrogens is 306 g/mol. The molecule has 0 aliphatic carbocycles. The molecule has 122 valence electrons. The molecule has 1 N–H and O–H groups in total. The number of ether oxygens (including phenoxy) is 1. The molecule has 6 nitrogen and oxygen atoms in total. The summed E-state index contributed by atoms with van der Waals surface area (Å²) in [7, 11) is 0. The van der Waals surface area contributed by atoms with Crippen LogP contribution in [-0.2, 0) is 9.53 Å². The van der Waals surface area contributed by atoms with Crippen molar-refractivity contribution in [2.45, 2.75) is 13.0 Å². The monoisotopic (exact) mass is 323 g/mol. The molecule has 0 bridgehead atoms. The predicted octanol–water partition coefficient (Wildman–Crippen LogP) is 2.57. The lowest BCUT2D eigenvalue weighted by Gasteiger charge is -2.16. The van der Waals surface area contributed by atoms with Gasteiger partial charge in [0.25, 0.3) is 0 Å². The first-order valence-corrected chi connectivity index (χ1v) is 7.48. The number of aromatic nitrogens is 3. The van der Waals surface area contributed by atoms with Crippen LogP contribution in [0, 0.1) is 0 Å². The van der Waals surface area contributed by atoms with E-state index in [9.17, 15) is 9.90 Å². The van der Waals surface area contributed by atoms with E-state index in [4.69, 9.17) is 4.74 Å². The Morgan fingerprint density at radius 2 is 1.75 bits per heavy atom. The van der Waals surface area contributed by atoms with E-state index in [1.807, 2.05) is 36.4 Å². The first-order valence-electron chi connectivity index (χ1n) is 7.48. The zero-order valence-corrected chi connectivity index (χ0v) is 13.2. The van der Waals surface area contributed by atoms with Gasteiger partial charge in [-0.15, -0.1) is 10.2 Å². The number of fused-ring (bicyclic) bond motifs is 1. The summed E-state index contributed by atoms with van der Waals surface area (Å²) in [6.45, 7) is 4.79. The van der Waals surface area contributed by atoms with E-state index in [-0.39, 0.29) is 12.2 Å². The second-order valence-corrected chi connectivity index (χ2v) is 5.43. The van der Waals surface area contributed by atoms with Crippen LogP contribution < -0.4 is 0 Å². The minimum Gasteiger partial charge on any atom is -0.452 e. The first kappa shape index (κ1) is 15.9. The maximum absolute atomic E-state index is 11.6. The van der Waals surface area contributed by atoms with Crippen LogP contribution in [0.5, 0.6) is 0 Å². The van der Waals surface area contributed by atoms with Crippen LogP contribution in [0.3, 0.4) is 0 Å². The fourth-order valence-corrected chi connectivity index (χ4v) is 2.24. The molecule has 0 spiro atoms. The van der Waals surface area contributed by atoms with Gasteiger partial charge in [0.2, 0.25) is 0 Å². The molecule has 0 saturated heterocycles. The molecule has 0 aliphatic heterocycles. The maximum Gasteiger partial charge on any atom is 0.333 e. The van der Waals surface area contributed by atoms with Gasteiger partial charge in [0, 0.05) is 5.57 Å². The average molecular weight is 323 g/mol. The lowest BCUT2D eigenvalue weighted by atomic mass is 10.1. The molecular formula is C18H17N3O3. The van der Waals surface area contributed by atoms with Crippen LogP contribution in [0.4, 0.5) is 0 Å². The van der Waals surface area contributed by atoms with Crippen LogP contribution in [0.15, 0.2) is 60.7 Å². The van der Waals surface area contributed by atoms with E-state index in [1.54, 1.807) is 23.9 Å². The van der Waals surface area contributed by atoms with Crippen molar-refractivity contribution in [1.29, 1.82) is 0 Å². The van der Waals surface area contributed by atoms with E-state index in [0.29, 0.717) is 5.56 Å². The van der Waals surface area contributed by atoms with Crippen LogP contribution in [0.25, 0.3) is 16.7 Å². The SMILES string of the molecule is C=C(C)C(=O)OC(CO)c1ccc(-n2nc3ccccc3n2)cc1. The molecule has 24 heavy (non-hydrogen) atoms. The lowest BCUT2D eigenvalue weighted by Crippen LogP contribution is -2.15. The quantitative estimate of drug-likeness (QED) is 0.577. The molecule has 0 aliphatic rings. The molecule has 1 aromatic heterocycles. The normalized spacial score (nSPS) is 12.1.